The highest BCUT2D eigenvalue weighted by molar-refractivity contribution is 8.18. The second kappa shape index (κ2) is 9.43. The Kier molecular flexibility index (Phi) is 6.73. The summed E-state index contributed by atoms with van der Waals surface area (Å²) in [5, 5.41) is 10.9. The molecule has 1 heterocycles. The first-order valence-electron chi connectivity index (χ1n) is 8.93. The number of methoxy groups -OCH3 is 1. The summed E-state index contributed by atoms with van der Waals surface area (Å²) in [7, 11) is 1.49. The molecule has 0 radical (unpaired) electrons. The summed E-state index contributed by atoms with van der Waals surface area (Å²) in [6, 6.07) is 14.6. The maximum Gasteiger partial charge on any atom is 0.266 e. The SMILES string of the molecule is CCOCCN1C(=O)/C(=C\c2cccc(OC)c2O)SC1=Nc1ccccc1. The average Bonchev–Trinajstić information content (AvgIpc) is 2.99. The van der Waals surface area contributed by atoms with Gasteiger partial charge in [-0.05, 0) is 43.0 Å². The molecular formula is C21H22N2O4S. The predicted molar refractivity (Wildman–Crippen MR) is 112 cm³/mol. The number of amidine groups is 1. The molecule has 0 saturated carbocycles. The summed E-state index contributed by atoms with van der Waals surface area (Å²) in [6.07, 6.45) is 1.66. The molecule has 2 aromatic carbocycles. The number of benzene rings is 2. The number of rotatable bonds is 7. The van der Waals surface area contributed by atoms with Crippen LogP contribution in [-0.4, -0.2) is 47.9 Å². The summed E-state index contributed by atoms with van der Waals surface area (Å²) >= 11 is 1.28. The molecule has 28 heavy (non-hydrogen) atoms. The van der Waals surface area contributed by atoms with Gasteiger partial charge in [-0.15, -0.1) is 0 Å². The third-order valence-corrected chi connectivity index (χ3v) is 5.08. The van der Waals surface area contributed by atoms with Crippen LogP contribution < -0.4 is 4.74 Å². The minimum atomic E-state index is -0.165. The van der Waals surface area contributed by atoms with Crippen LogP contribution in [0.5, 0.6) is 11.5 Å². The van der Waals surface area contributed by atoms with E-state index in [0.717, 1.165) is 5.69 Å². The molecule has 1 aliphatic rings. The zero-order chi connectivity index (χ0) is 19.9. The second-order valence-corrected chi connectivity index (χ2v) is 6.90. The van der Waals surface area contributed by atoms with E-state index in [-0.39, 0.29) is 11.7 Å². The topological polar surface area (TPSA) is 71.4 Å². The van der Waals surface area contributed by atoms with Crippen molar-refractivity contribution >= 4 is 34.6 Å². The van der Waals surface area contributed by atoms with Crippen molar-refractivity contribution < 1.29 is 19.4 Å². The Labute approximate surface area is 168 Å². The van der Waals surface area contributed by atoms with Crippen LogP contribution in [0.15, 0.2) is 58.4 Å². The van der Waals surface area contributed by atoms with Gasteiger partial charge in [0.25, 0.3) is 5.91 Å². The van der Waals surface area contributed by atoms with Crippen molar-refractivity contribution in [2.75, 3.05) is 26.9 Å². The van der Waals surface area contributed by atoms with Gasteiger partial charge in [-0.1, -0.05) is 30.3 Å². The summed E-state index contributed by atoms with van der Waals surface area (Å²) in [5.41, 5.74) is 1.28. The van der Waals surface area contributed by atoms with E-state index in [1.165, 1.54) is 18.9 Å². The number of thioether (sulfide) groups is 1. The van der Waals surface area contributed by atoms with E-state index >= 15 is 0 Å². The minimum absolute atomic E-state index is 0.000199. The van der Waals surface area contributed by atoms with Gasteiger partial charge in [0, 0.05) is 12.2 Å². The van der Waals surface area contributed by atoms with Crippen LogP contribution in [0.1, 0.15) is 12.5 Å². The van der Waals surface area contributed by atoms with Gasteiger partial charge in [0.1, 0.15) is 0 Å². The Morgan fingerprint density at radius 2 is 1.96 bits per heavy atom. The van der Waals surface area contributed by atoms with Gasteiger partial charge in [-0.2, -0.15) is 0 Å². The van der Waals surface area contributed by atoms with Crippen LogP contribution in [-0.2, 0) is 9.53 Å². The molecular weight excluding hydrogens is 376 g/mol. The number of hydrogen-bond donors (Lipinski definition) is 1. The molecule has 1 aliphatic heterocycles. The number of para-hydroxylation sites is 2. The maximum absolute atomic E-state index is 13.0. The molecule has 0 bridgehead atoms. The molecule has 6 nitrogen and oxygen atoms in total. The first-order chi connectivity index (χ1) is 13.6. The van der Waals surface area contributed by atoms with Crippen molar-refractivity contribution in [3.8, 4) is 11.5 Å². The molecule has 0 unspecified atom stereocenters. The fourth-order valence-corrected chi connectivity index (χ4v) is 3.68. The number of ether oxygens (including phenoxy) is 2. The number of phenolic OH excluding ortho intramolecular Hbond substituents is 1. The van der Waals surface area contributed by atoms with Gasteiger partial charge in [0.15, 0.2) is 16.7 Å². The second-order valence-electron chi connectivity index (χ2n) is 5.89. The van der Waals surface area contributed by atoms with E-state index in [9.17, 15) is 9.90 Å². The number of hydrogen-bond acceptors (Lipinski definition) is 6. The summed E-state index contributed by atoms with van der Waals surface area (Å²) in [4.78, 5) is 19.7. The molecule has 1 amide bonds. The van der Waals surface area contributed by atoms with E-state index < -0.39 is 0 Å². The summed E-state index contributed by atoms with van der Waals surface area (Å²) < 4.78 is 10.6. The fourth-order valence-electron chi connectivity index (χ4n) is 2.66. The monoisotopic (exact) mass is 398 g/mol. The van der Waals surface area contributed by atoms with Crippen LogP contribution in [0.3, 0.4) is 0 Å². The van der Waals surface area contributed by atoms with Crippen molar-refractivity contribution in [1.82, 2.24) is 4.90 Å². The molecule has 2 aromatic rings. The molecule has 1 saturated heterocycles. The van der Waals surface area contributed by atoms with Crippen LogP contribution >= 0.6 is 11.8 Å². The molecule has 1 N–H and O–H groups in total. The molecule has 0 atom stereocenters. The molecule has 146 valence electrons. The lowest BCUT2D eigenvalue weighted by atomic mass is 10.1. The normalized spacial score (nSPS) is 16.9. The van der Waals surface area contributed by atoms with E-state index in [0.29, 0.717) is 41.1 Å². The third-order valence-electron chi connectivity index (χ3n) is 4.07. The number of carbonyl (C=O) groups is 1. The molecule has 1 fully saturated rings. The quantitative estimate of drug-likeness (QED) is 0.563. The zero-order valence-electron chi connectivity index (χ0n) is 15.8. The highest BCUT2D eigenvalue weighted by Gasteiger charge is 2.33. The van der Waals surface area contributed by atoms with Crippen molar-refractivity contribution in [3.63, 3.8) is 0 Å². The lowest BCUT2D eigenvalue weighted by molar-refractivity contribution is -0.122. The van der Waals surface area contributed by atoms with E-state index in [1.54, 1.807) is 29.2 Å². The molecule has 7 heteroatoms. The van der Waals surface area contributed by atoms with Gasteiger partial charge in [0.05, 0.1) is 30.9 Å². The first-order valence-corrected chi connectivity index (χ1v) is 9.74. The Balaban J connectivity index is 1.93. The predicted octanol–water partition coefficient (Wildman–Crippen LogP) is 4.04. The van der Waals surface area contributed by atoms with Gasteiger partial charge in [0.2, 0.25) is 0 Å². The summed E-state index contributed by atoms with van der Waals surface area (Å²) in [6.45, 7) is 3.33. The lowest BCUT2D eigenvalue weighted by Gasteiger charge is -2.15. The van der Waals surface area contributed by atoms with Gasteiger partial charge < -0.3 is 14.6 Å². The number of nitrogens with zero attached hydrogens (tertiary/aromatic N) is 2. The van der Waals surface area contributed by atoms with Crippen molar-refractivity contribution in [3.05, 3.63) is 59.0 Å². The van der Waals surface area contributed by atoms with E-state index in [2.05, 4.69) is 4.99 Å². The Bertz CT molecular complexity index is 897. The third kappa shape index (κ3) is 4.55. The molecule has 0 aliphatic carbocycles. The number of amides is 1. The first kappa shape index (κ1) is 20.0. The standard InChI is InChI=1S/C21H22N2O4S/c1-3-27-13-12-23-20(25)18(14-15-8-7-11-17(26-2)19(15)24)28-21(23)22-16-9-5-4-6-10-16/h4-11,14,24H,3,12-13H2,1-2H3/b18-14+,22-21?. The number of aromatic hydroxyl groups is 1. The number of phenols is 1. The van der Waals surface area contributed by atoms with Crippen molar-refractivity contribution in [1.29, 1.82) is 0 Å². The number of aliphatic imine (C=N–C) groups is 1. The van der Waals surface area contributed by atoms with Crippen LogP contribution in [0.2, 0.25) is 0 Å². The van der Waals surface area contributed by atoms with E-state index in [1.807, 2.05) is 37.3 Å². The Hall–Kier alpha value is -2.77. The minimum Gasteiger partial charge on any atom is -0.504 e. The van der Waals surface area contributed by atoms with Crippen molar-refractivity contribution in [2.45, 2.75) is 6.92 Å². The van der Waals surface area contributed by atoms with Crippen LogP contribution in [0.4, 0.5) is 5.69 Å². The highest BCUT2D eigenvalue weighted by Crippen LogP contribution is 2.37. The highest BCUT2D eigenvalue weighted by atomic mass is 32.2. The van der Waals surface area contributed by atoms with Crippen molar-refractivity contribution in [2.24, 2.45) is 4.99 Å². The van der Waals surface area contributed by atoms with Crippen LogP contribution in [0.25, 0.3) is 6.08 Å². The van der Waals surface area contributed by atoms with Crippen LogP contribution in [0, 0.1) is 0 Å². The lowest BCUT2D eigenvalue weighted by Crippen LogP contribution is -2.32. The fraction of sp³-hybridized carbons (Fsp3) is 0.238. The smallest absolute Gasteiger partial charge is 0.266 e. The summed E-state index contributed by atoms with van der Waals surface area (Å²) in [5.74, 6) is 0.193. The zero-order valence-corrected chi connectivity index (χ0v) is 16.6. The van der Waals surface area contributed by atoms with Gasteiger partial charge in [-0.25, -0.2) is 4.99 Å². The molecule has 0 spiro atoms. The number of carbonyl (C=O) groups excluding carboxylic acids is 1. The average molecular weight is 398 g/mol. The molecule has 0 aromatic heterocycles. The molecule has 3 rings (SSSR count). The maximum atomic E-state index is 13.0. The van der Waals surface area contributed by atoms with E-state index in [4.69, 9.17) is 9.47 Å². The van der Waals surface area contributed by atoms with Gasteiger partial charge in [-0.3, -0.25) is 9.69 Å². The Morgan fingerprint density at radius 3 is 2.68 bits per heavy atom. The Morgan fingerprint density at radius 1 is 1.18 bits per heavy atom. The largest absolute Gasteiger partial charge is 0.504 e. The van der Waals surface area contributed by atoms with Gasteiger partial charge >= 0.3 is 0 Å².